The van der Waals surface area contributed by atoms with E-state index in [9.17, 15) is 9.59 Å². The smallest absolute Gasteiger partial charge is 0.225 e. The molecule has 2 aliphatic carbocycles. The van der Waals surface area contributed by atoms with Crippen LogP contribution in [0.3, 0.4) is 0 Å². The summed E-state index contributed by atoms with van der Waals surface area (Å²) in [6, 6.07) is 8.61. The van der Waals surface area contributed by atoms with Gasteiger partial charge >= 0.3 is 0 Å². The number of nitrogens with zero attached hydrogens (tertiary/aromatic N) is 1. The molecule has 5 heteroatoms. The summed E-state index contributed by atoms with van der Waals surface area (Å²) in [5.41, 5.74) is 0.914. The predicted molar refractivity (Wildman–Crippen MR) is 120 cm³/mol. The first-order chi connectivity index (χ1) is 15.1. The topological polar surface area (TPSA) is 58.6 Å². The van der Waals surface area contributed by atoms with Crippen LogP contribution in [0, 0.1) is 5.92 Å². The first kappa shape index (κ1) is 20.8. The maximum Gasteiger partial charge on any atom is 0.225 e. The average molecular weight is 425 g/mol. The lowest BCUT2D eigenvalue weighted by atomic mass is 9.75. The molecular formula is C26H36N2O3. The molecule has 4 aliphatic rings. The highest BCUT2D eigenvalue weighted by atomic mass is 16.5. The Morgan fingerprint density at radius 2 is 1.74 bits per heavy atom. The highest BCUT2D eigenvalue weighted by molar-refractivity contribution is 5.79. The van der Waals surface area contributed by atoms with E-state index in [1.165, 1.54) is 25.7 Å². The van der Waals surface area contributed by atoms with E-state index in [1.54, 1.807) is 0 Å². The Bertz CT molecular complexity index is 805. The third-order valence-corrected chi connectivity index (χ3v) is 8.15. The first-order valence-corrected chi connectivity index (χ1v) is 12.5. The summed E-state index contributed by atoms with van der Waals surface area (Å²) in [5.74, 6) is 1.89. The molecule has 0 aromatic heterocycles. The number of benzene rings is 1. The van der Waals surface area contributed by atoms with Gasteiger partial charge in [-0.2, -0.15) is 0 Å². The van der Waals surface area contributed by atoms with E-state index in [2.05, 4.69) is 16.3 Å². The van der Waals surface area contributed by atoms with Crippen molar-refractivity contribution in [2.45, 2.75) is 94.6 Å². The van der Waals surface area contributed by atoms with Crippen LogP contribution in [0.4, 0.5) is 0 Å². The number of hydrogen-bond acceptors (Lipinski definition) is 3. The highest BCUT2D eigenvalue weighted by Crippen LogP contribution is 2.46. The Labute approximate surface area is 185 Å². The van der Waals surface area contributed by atoms with Crippen LogP contribution < -0.4 is 10.1 Å². The number of likely N-dealkylation sites (tertiary alicyclic amines) is 1. The van der Waals surface area contributed by atoms with Crippen molar-refractivity contribution >= 4 is 11.8 Å². The van der Waals surface area contributed by atoms with E-state index < -0.39 is 0 Å². The van der Waals surface area contributed by atoms with Gasteiger partial charge in [0.2, 0.25) is 11.8 Å². The minimum absolute atomic E-state index is 0.173. The van der Waals surface area contributed by atoms with Gasteiger partial charge in [-0.15, -0.1) is 0 Å². The summed E-state index contributed by atoms with van der Waals surface area (Å²) in [5, 5.41) is 3.21. The zero-order valence-corrected chi connectivity index (χ0v) is 18.6. The molecule has 5 rings (SSSR count). The van der Waals surface area contributed by atoms with Gasteiger partial charge in [0, 0.05) is 50.2 Å². The molecule has 2 amide bonds. The molecule has 1 saturated heterocycles. The van der Waals surface area contributed by atoms with Crippen LogP contribution in [0.2, 0.25) is 0 Å². The third-order valence-electron chi connectivity index (χ3n) is 8.15. The van der Waals surface area contributed by atoms with Crippen molar-refractivity contribution in [2.75, 3.05) is 13.1 Å². The molecule has 2 heterocycles. The summed E-state index contributed by atoms with van der Waals surface area (Å²) < 4.78 is 6.59. The second kappa shape index (κ2) is 8.84. The van der Waals surface area contributed by atoms with Gasteiger partial charge in [0.05, 0.1) is 0 Å². The van der Waals surface area contributed by atoms with Crippen molar-refractivity contribution in [3.63, 3.8) is 0 Å². The largest absolute Gasteiger partial charge is 0.487 e. The van der Waals surface area contributed by atoms with E-state index in [0.717, 1.165) is 69.3 Å². The summed E-state index contributed by atoms with van der Waals surface area (Å²) in [6.45, 7) is 1.55. The van der Waals surface area contributed by atoms with Crippen LogP contribution in [0.1, 0.15) is 88.5 Å². The number of ether oxygens (including phenoxy) is 1. The van der Waals surface area contributed by atoms with Crippen molar-refractivity contribution in [1.82, 2.24) is 10.2 Å². The highest BCUT2D eigenvalue weighted by Gasteiger charge is 2.45. The molecule has 0 bridgehead atoms. The van der Waals surface area contributed by atoms with Crippen LogP contribution in [0.5, 0.6) is 5.75 Å². The fourth-order valence-corrected chi connectivity index (χ4v) is 6.04. The molecule has 0 radical (unpaired) electrons. The number of amides is 2. The Morgan fingerprint density at radius 3 is 2.45 bits per heavy atom. The molecule has 168 valence electrons. The monoisotopic (exact) mass is 424 g/mol. The zero-order valence-electron chi connectivity index (χ0n) is 18.6. The number of fused-ring (bicyclic) bond motifs is 1. The lowest BCUT2D eigenvalue weighted by molar-refractivity contribution is -0.140. The second-order valence-electron chi connectivity index (χ2n) is 10.3. The van der Waals surface area contributed by atoms with Gasteiger partial charge < -0.3 is 15.0 Å². The minimum atomic E-state index is -0.251. The van der Waals surface area contributed by atoms with E-state index in [4.69, 9.17) is 4.74 Å². The molecular weight excluding hydrogens is 388 g/mol. The SMILES string of the molecule is O=C(C[C@@H]1CC2(CCN(C(=O)C3CCCCC3)CC2)Oc2ccccc21)NC1CCC1. The summed E-state index contributed by atoms with van der Waals surface area (Å²) in [6.07, 6.45) is 12.4. The number of nitrogens with one attached hydrogen (secondary N) is 1. The van der Waals surface area contributed by atoms with Crippen LogP contribution >= 0.6 is 0 Å². The maximum atomic E-state index is 13.0. The number of hydrogen-bond donors (Lipinski definition) is 1. The minimum Gasteiger partial charge on any atom is -0.487 e. The summed E-state index contributed by atoms with van der Waals surface area (Å²) in [7, 11) is 0. The molecule has 5 nitrogen and oxygen atoms in total. The molecule has 1 atom stereocenters. The number of rotatable bonds is 4. The number of carbonyl (C=O) groups excluding carboxylic acids is 2. The lowest BCUT2D eigenvalue weighted by Crippen LogP contribution is -2.53. The molecule has 2 aliphatic heterocycles. The van der Waals surface area contributed by atoms with E-state index in [-0.39, 0.29) is 23.3 Å². The number of carbonyl (C=O) groups is 2. The molecule has 1 spiro atoms. The molecule has 2 saturated carbocycles. The Morgan fingerprint density at radius 1 is 1.00 bits per heavy atom. The van der Waals surface area contributed by atoms with Crippen LogP contribution in [-0.4, -0.2) is 41.4 Å². The number of piperidine rings is 1. The van der Waals surface area contributed by atoms with Crippen LogP contribution in [0.15, 0.2) is 24.3 Å². The van der Waals surface area contributed by atoms with Gasteiger partial charge in [-0.3, -0.25) is 9.59 Å². The Hall–Kier alpha value is -2.04. The van der Waals surface area contributed by atoms with E-state index in [0.29, 0.717) is 18.4 Å². The Kier molecular flexibility index (Phi) is 5.94. The van der Waals surface area contributed by atoms with Gasteiger partial charge in [-0.25, -0.2) is 0 Å². The molecule has 1 aromatic rings. The van der Waals surface area contributed by atoms with Gasteiger partial charge in [0.1, 0.15) is 11.4 Å². The fourth-order valence-electron chi connectivity index (χ4n) is 6.04. The van der Waals surface area contributed by atoms with Gasteiger partial charge in [-0.1, -0.05) is 37.5 Å². The number of para-hydroxylation sites is 1. The predicted octanol–water partition coefficient (Wildman–Crippen LogP) is 4.55. The van der Waals surface area contributed by atoms with Crippen molar-refractivity contribution in [2.24, 2.45) is 5.92 Å². The molecule has 31 heavy (non-hydrogen) atoms. The van der Waals surface area contributed by atoms with Gasteiger partial charge in [-0.05, 0) is 50.2 Å². The standard InChI is InChI=1S/C26H36N2O3/c29-24(27-21-9-6-10-21)17-20-18-26(31-23-12-5-4-11-22(20)23)13-15-28(16-14-26)25(30)19-7-2-1-3-8-19/h4-5,11-12,19-21H,1-3,6-10,13-18H2,(H,27,29)/t20-/m1/s1. The van der Waals surface area contributed by atoms with Crippen molar-refractivity contribution < 1.29 is 14.3 Å². The summed E-state index contributed by atoms with van der Waals surface area (Å²) >= 11 is 0. The normalized spacial score (nSPS) is 25.9. The Balaban J connectivity index is 1.25. The van der Waals surface area contributed by atoms with Gasteiger partial charge in [0.25, 0.3) is 0 Å². The second-order valence-corrected chi connectivity index (χ2v) is 10.3. The lowest BCUT2D eigenvalue weighted by Gasteiger charge is -2.47. The first-order valence-electron chi connectivity index (χ1n) is 12.5. The van der Waals surface area contributed by atoms with E-state index >= 15 is 0 Å². The fraction of sp³-hybridized carbons (Fsp3) is 0.692. The summed E-state index contributed by atoms with van der Waals surface area (Å²) in [4.78, 5) is 27.8. The van der Waals surface area contributed by atoms with Gasteiger partial charge in [0.15, 0.2) is 0 Å². The van der Waals surface area contributed by atoms with Crippen molar-refractivity contribution in [3.05, 3.63) is 29.8 Å². The molecule has 1 N–H and O–H groups in total. The van der Waals surface area contributed by atoms with Crippen molar-refractivity contribution in [3.8, 4) is 5.75 Å². The molecule has 0 unspecified atom stereocenters. The third kappa shape index (κ3) is 4.47. The van der Waals surface area contributed by atoms with Crippen LogP contribution in [0.25, 0.3) is 0 Å². The van der Waals surface area contributed by atoms with Crippen molar-refractivity contribution in [1.29, 1.82) is 0 Å². The maximum absolute atomic E-state index is 13.0. The van der Waals surface area contributed by atoms with Crippen LogP contribution in [-0.2, 0) is 9.59 Å². The molecule has 3 fully saturated rings. The van der Waals surface area contributed by atoms with E-state index in [1.807, 2.05) is 18.2 Å². The molecule has 1 aromatic carbocycles. The quantitative estimate of drug-likeness (QED) is 0.771. The zero-order chi connectivity index (χ0) is 21.3. The average Bonchev–Trinajstić information content (AvgIpc) is 2.77.